The molecule has 1 amide bonds. The maximum absolute atomic E-state index is 12.8. The standard InChI is InChI=1S/C16H14FNO3/c1-10(16(18)20)21-14-8-4-12(5-9-14)15(19)11-2-6-13(17)7-3-11/h2-10H,1H3,(H2,18,20)/t10-/m1/s1. The Balaban J connectivity index is 2.13. The van der Waals surface area contributed by atoms with Gasteiger partial charge >= 0.3 is 0 Å². The normalized spacial score (nSPS) is 11.7. The van der Waals surface area contributed by atoms with Crippen LogP contribution in [0.25, 0.3) is 0 Å². The number of primary amides is 1. The lowest BCUT2D eigenvalue weighted by Gasteiger charge is -2.11. The van der Waals surface area contributed by atoms with Gasteiger partial charge in [-0.25, -0.2) is 4.39 Å². The number of ether oxygens (including phenoxy) is 1. The van der Waals surface area contributed by atoms with Gasteiger partial charge in [0.25, 0.3) is 5.91 Å². The fourth-order valence-corrected chi connectivity index (χ4v) is 1.72. The number of carbonyl (C=O) groups excluding carboxylic acids is 2. The molecule has 0 aliphatic carbocycles. The minimum atomic E-state index is -0.747. The summed E-state index contributed by atoms with van der Waals surface area (Å²) in [5, 5.41) is 0. The van der Waals surface area contributed by atoms with Crippen molar-refractivity contribution in [2.75, 3.05) is 0 Å². The second-order valence-electron chi connectivity index (χ2n) is 4.52. The van der Waals surface area contributed by atoms with Gasteiger partial charge in [-0.3, -0.25) is 9.59 Å². The second kappa shape index (κ2) is 6.17. The third-order valence-electron chi connectivity index (χ3n) is 2.94. The molecule has 2 rings (SSSR count). The van der Waals surface area contributed by atoms with Crippen molar-refractivity contribution in [3.8, 4) is 5.75 Å². The number of benzene rings is 2. The van der Waals surface area contributed by atoms with Crippen LogP contribution in [0, 0.1) is 5.82 Å². The van der Waals surface area contributed by atoms with Crippen LogP contribution in [0.3, 0.4) is 0 Å². The number of hydrogen-bond acceptors (Lipinski definition) is 3. The van der Waals surface area contributed by atoms with Crippen molar-refractivity contribution in [3.63, 3.8) is 0 Å². The first-order valence-electron chi connectivity index (χ1n) is 6.33. The van der Waals surface area contributed by atoms with E-state index >= 15 is 0 Å². The molecular formula is C16H14FNO3. The molecule has 0 saturated heterocycles. The van der Waals surface area contributed by atoms with Crippen molar-refractivity contribution < 1.29 is 18.7 Å². The van der Waals surface area contributed by atoms with Gasteiger partial charge in [0.1, 0.15) is 11.6 Å². The highest BCUT2D eigenvalue weighted by atomic mass is 19.1. The van der Waals surface area contributed by atoms with Crippen LogP contribution in [0.15, 0.2) is 48.5 Å². The smallest absolute Gasteiger partial charge is 0.258 e. The Labute approximate surface area is 121 Å². The summed E-state index contributed by atoms with van der Waals surface area (Å²) in [6, 6.07) is 11.6. The van der Waals surface area contributed by atoms with E-state index in [1.54, 1.807) is 31.2 Å². The van der Waals surface area contributed by atoms with Crippen molar-refractivity contribution in [3.05, 3.63) is 65.5 Å². The number of hydrogen-bond donors (Lipinski definition) is 1. The first-order chi connectivity index (χ1) is 9.97. The largest absolute Gasteiger partial charge is 0.481 e. The molecule has 0 spiro atoms. The summed E-state index contributed by atoms with van der Waals surface area (Å²) in [5.74, 6) is -0.737. The van der Waals surface area contributed by atoms with Gasteiger partial charge in [0.2, 0.25) is 0 Å². The van der Waals surface area contributed by atoms with Gasteiger partial charge < -0.3 is 10.5 Å². The summed E-state index contributed by atoms with van der Waals surface area (Å²) in [6.07, 6.45) is -0.747. The minimum Gasteiger partial charge on any atom is -0.481 e. The lowest BCUT2D eigenvalue weighted by atomic mass is 10.0. The first-order valence-corrected chi connectivity index (χ1v) is 6.33. The highest BCUT2D eigenvalue weighted by molar-refractivity contribution is 6.09. The Morgan fingerprint density at radius 2 is 1.48 bits per heavy atom. The van der Waals surface area contributed by atoms with Crippen LogP contribution < -0.4 is 10.5 Å². The number of carbonyl (C=O) groups is 2. The topological polar surface area (TPSA) is 69.4 Å². The van der Waals surface area contributed by atoms with Gasteiger partial charge in [-0.15, -0.1) is 0 Å². The fraction of sp³-hybridized carbons (Fsp3) is 0.125. The summed E-state index contributed by atoms with van der Waals surface area (Å²) in [4.78, 5) is 23.1. The van der Waals surface area contributed by atoms with Gasteiger partial charge in [0, 0.05) is 11.1 Å². The predicted molar refractivity (Wildman–Crippen MR) is 75.6 cm³/mol. The highest BCUT2D eigenvalue weighted by Gasteiger charge is 2.12. The Kier molecular flexibility index (Phi) is 4.33. The lowest BCUT2D eigenvalue weighted by Crippen LogP contribution is -2.30. The molecule has 5 heteroatoms. The third-order valence-corrected chi connectivity index (χ3v) is 2.94. The Bertz CT molecular complexity index is 650. The summed E-state index contributed by atoms with van der Waals surface area (Å²) >= 11 is 0. The van der Waals surface area contributed by atoms with Gasteiger partial charge in [0.05, 0.1) is 0 Å². The maximum Gasteiger partial charge on any atom is 0.258 e. The summed E-state index contributed by atoms with van der Waals surface area (Å²) in [7, 11) is 0. The molecule has 108 valence electrons. The van der Waals surface area contributed by atoms with Crippen LogP contribution >= 0.6 is 0 Å². The Hall–Kier alpha value is -2.69. The highest BCUT2D eigenvalue weighted by Crippen LogP contribution is 2.17. The van der Waals surface area contributed by atoms with Crippen molar-refractivity contribution in [2.24, 2.45) is 5.73 Å². The average molecular weight is 287 g/mol. The monoisotopic (exact) mass is 287 g/mol. The van der Waals surface area contributed by atoms with Crippen LogP contribution in [0.4, 0.5) is 4.39 Å². The molecule has 0 bridgehead atoms. The summed E-state index contributed by atoms with van der Waals surface area (Å²) < 4.78 is 18.1. The van der Waals surface area contributed by atoms with Crippen LogP contribution in [0.5, 0.6) is 5.75 Å². The van der Waals surface area contributed by atoms with Crippen molar-refractivity contribution in [1.82, 2.24) is 0 Å². The molecule has 2 aromatic carbocycles. The number of amides is 1. The van der Waals surface area contributed by atoms with Gasteiger partial charge in [-0.1, -0.05) is 0 Å². The molecule has 0 radical (unpaired) electrons. The lowest BCUT2D eigenvalue weighted by molar-refractivity contribution is -0.123. The quantitative estimate of drug-likeness (QED) is 0.858. The maximum atomic E-state index is 12.8. The molecule has 2 aromatic rings. The van der Waals surface area contributed by atoms with Gasteiger partial charge in [0.15, 0.2) is 11.9 Å². The zero-order valence-corrected chi connectivity index (χ0v) is 11.4. The van der Waals surface area contributed by atoms with Crippen molar-refractivity contribution in [1.29, 1.82) is 0 Å². The number of halogens is 1. The summed E-state index contributed by atoms with van der Waals surface area (Å²) in [6.45, 7) is 1.54. The molecule has 0 aliphatic heterocycles. The Morgan fingerprint density at radius 1 is 1.00 bits per heavy atom. The summed E-state index contributed by atoms with van der Waals surface area (Å²) in [5.41, 5.74) is 5.95. The van der Waals surface area contributed by atoms with Crippen LogP contribution in [-0.2, 0) is 4.79 Å². The third kappa shape index (κ3) is 3.66. The van der Waals surface area contributed by atoms with Crippen molar-refractivity contribution >= 4 is 11.7 Å². The molecule has 0 aliphatic rings. The van der Waals surface area contributed by atoms with Crippen LogP contribution in [0.1, 0.15) is 22.8 Å². The molecule has 0 heterocycles. The van der Waals surface area contributed by atoms with E-state index in [-0.39, 0.29) is 5.78 Å². The van der Waals surface area contributed by atoms with E-state index in [4.69, 9.17) is 10.5 Å². The van der Waals surface area contributed by atoms with E-state index in [1.165, 1.54) is 24.3 Å². The number of ketones is 1. The molecule has 0 unspecified atom stereocenters. The van der Waals surface area contributed by atoms with Crippen LogP contribution in [0.2, 0.25) is 0 Å². The fourth-order valence-electron chi connectivity index (χ4n) is 1.72. The minimum absolute atomic E-state index is 0.218. The predicted octanol–water partition coefficient (Wildman–Crippen LogP) is 2.31. The molecular weight excluding hydrogens is 273 g/mol. The zero-order chi connectivity index (χ0) is 15.4. The van der Waals surface area contributed by atoms with E-state index < -0.39 is 17.8 Å². The van der Waals surface area contributed by atoms with E-state index in [9.17, 15) is 14.0 Å². The molecule has 2 N–H and O–H groups in total. The first kappa shape index (κ1) is 14.7. The Morgan fingerprint density at radius 3 is 1.95 bits per heavy atom. The number of rotatable bonds is 5. The van der Waals surface area contributed by atoms with E-state index in [2.05, 4.69) is 0 Å². The molecule has 1 atom stereocenters. The van der Waals surface area contributed by atoms with Crippen LogP contribution in [-0.4, -0.2) is 17.8 Å². The van der Waals surface area contributed by atoms with Crippen molar-refractivity contribution in [2.45, 2.75) is 13.0 Å². The number of nitrogens with two attached hydrogens (primary N) is 1. The SMILES string of the molecule is C[C@@H](Oc1ccc(C(=O)c2ccc(F)cc2)cc1)C(N)=O. The van der Waals surface area contributed by atoms with Gasteiger partial charge in [-0.05, 0) is 55.5 Å². The van der Waals surface area contributed by atoms with Gasteiger partial charge in [-0.2, -0.15) is 0 Å². The molecule has 21 heavy (non-hydrogen) atoms. The van der Waals surface area contributed by atoms with E-state index in [1.807, 2.05) is 0 Å². The van der Waals surface area contributed by atoms with E-state index in [0.717, 1.165) is 0 Å². The molecule has 0 fully saturated rings. The zero-order valence-electron chi connectivity index (χ0n) is 11.4. The molecule has 4 nitrogen and oxygen atoms in total. The second-order valence-corrected chi connectivity index (χ2v) is 4.52. The molecule has 0 saturated carbocycles. The average Bonchev–Trinajstić information content (AvgIpc) is 2.48. The molecule has 0 aromatic heterocycles. The van der Waals surface area contributed by atoms with E-state index in [0.29, 0.717) is 16.9 Å².